The van der Waals surface area contributed by atoms with Gasteiger partial charge in [0.2, 0.25) is 11.8 Å². The molecule has 0 radical (unpaired) electrons. The summed E-state index contributed by atoms with van der Waals surface area (Å²) in [5, 5.41) is 29.6. The number of amides is 4. The Balaban J connectivity index is 0.916. The Hall–Kier alpha value is -6.98. The number of carbonyl (C=O) groups is 4. The highest BCUT2D eigenvalue weighted by Crippen LogP contribution is 2.50. The van der Waals surface area contributed by atoms with Gasteiger partial charge in [0.1, 0.15) is 40.2 Å². The quantitative estimate of drug-likeness (QED) is 0.108. The zero-order valence-electron chi connectivity index (χ0n) is 42.7. The van der Waals surface area contributed by atoms with E-state index in [1.54, 1.807) is 49.4 Å². The molecule has 6 aliphatic rings. The fraction of sp³-hybridized carbons (Fsp3) is 0.464. The normalized spacial score (nSPS) is 29.4. The smallest absolute Gasteiger partial charge is 0.251 e. The zero-order chi connectivity index (χ0) is 52.2. The Bertz CT molecular complexity index is 3010. The van der Waals surface area contributed by atoms with Crippen LogP contribution in [0, 0.1) is 0 Å². The molecule has 2 unspecified atom stereocenters. The largest absolute Gasteiger partial charge is 0.487 e. The average molecular weight is 995 g/mol. The molecule has 1 aliphatic carbocycles. The predicted octanol–water partition coefficient (Wildman–Crippen LogP) is 6.37. The number of carbonyl (C=O) groups excluding carboxylic acids is 4. The Morgan fingerprint density at radius 2 is 1.14 bits per heavy atom. The van der Waals surface area contributed by atoms with Crippen LogP contribution >= 0.6 is 0 Å². The van der Waals surface area contributed by atoms with Crippen LogP contribution in [0.15, 0.2) is 94.9 Å². The van der Waals surface area contributed by atoms with Crippen molar-refractivity contribution in [2.24, 2.45) is 21.5 Å². The molecular formula is C56H66N8O9. The summed E-state index contributed by atoms with van der Waals surface area (Å²) in [6.07, 6.45) is -0.151. The highest BCUT2D eigenvalue weighted by atomic mass is 16.5. The van der Waals surface area contributed by atoms with Crippen molar-refractivity contribution in [3.05, 3.63) is 124 Å². The minimum atomic E-state index is -1.27. The third-order valence-electron chi connectivity index (χ3n) is 15.4. The van der Waals surface area contributed by atoms with Gasteiger partial charge in [-0.1, -0.05) is 42.5 Å². The van der Waals surface area contributed by atoms with Gasteiger partial charge in [0, 0.05) is 47.1 Å². The minimum Gasteiger partial charge on any atom is -0.487 e. The fourth-order valence-corrected chi connectivity index (χ4v) is 11.8. The highest BCUT2D eigenvalue weighted by Gasteiger charge is 2.51. The van der Waals surface area contributed by atoms with E-state index in [0.717, 1.165) is 11.1 Å². The van der Waals surface area contributed by atoms with Crippen LogP contribution in [0.1, 0.15) is 167 Å². The van der Waals surface area contributed by atoms with Crippen LogP contribution in [0.3, 0.4) is 0 Å². The summed E-state index contributed by atoms with van der Waals surface area (Å²) < 4.78 is 19.9. The summed E-state index contributed by atoms with van der Waals surface area (Å²) in [6, 6.07) is 22.4. The number of para-hydroxylation sites is 1. The van der Waals surface area contributed by atoms with E-state index < -0.39 is 76.1 Å². The summed E-state index contributed by atoms with van der Waals surface area (Å²) >= 11 is 0. The molecule has 0 bridgehead atoms. The maximum atomic E-state index is 14.5. The second-order valence-corrected chi connectivity index (χ2v) is 23.1. The molecule has 17 heteroatoms. The predicted molar refractivity (Wildman–Crippen MR) is 273 cm³/mol. The van der Waals surface area contributed by atoms with Crippen molar-refractivity contribution in [1.29, 1.82) is 0 Å². The van der Waals surface area contributed by atoms with Crippen molar-refractivity contribution in [2.45, 2.75) is 165 Å². The zero-order valence-corrected chi connectivity index (χ0v) is 42.7. The Morgan fingerprint density at radius 1 is 0.630 bits per heavy atom. The van der Waals surface area contributed by atoms with E-state index in [0.29, 0.717) is 64.3 Å². The summed E-state index contributed by atoms with van der Waals surface area (Å²) in [7, 11) is 0. The lowest BCUT2D eigenvalue weighted by atomic mass is 9.77. The van der Waals surface area contributed by atoms with Crippen LogP contribution < -0.4 is 36.3 Å². The van der Waals surface area contributed by atoms with E-state index in [1.165, 1.54) is 9.80 Å². The monoisotopic (exact) mass is 994 g/mol. The molecule has 384 valence electrons. The molecule has 8 N–H and O–H groups in total. The van der Waals surface area contributed by atoms with Crippen molar-refractivity contribution in [3.63, 3.8) is 0 Å². The number of aliphatic hydroxyl groups excluding tert-OH is 2. The van der Waals surface area contributed by atoms with Crippen molar-refractivity contribution >= 4 is 35.5 Å². The van der Waals surface area contributed by atoms with Crippen LogP contribution in [0.2, 0.25) is 0 Å². The summed E-state index contributed by atoms with van der Waals surface area (Å²) in [4.78, 5) is 68.6. The highest BCUT2D eigenvalue weighted by molar-refractivity contribution is 6.01. The summed E-state index contributed by atoms with van der Waals surface area (Å²) in [6.45, 7) is 15.1. The third-order valence-corrected chi connectivity index (χ3v) is 15.4. The Morgan fingerprint density at radius 3 is 1.73 bits per heavy atom. The molecule has 0 saturated carbocycles. The molecule has 73 heavy (non-hydrogen) atoms. The molecule has 5 heterocycles. The van der Waals surface area contributed by atoms with E-state index in [4.69, 9.17) is 30.7 Å². The van der Waals surface area contributed by atoms with Gasteiger partial charge < -0.3 is 46.5 Å². The number of fused-ring (bicyclic) bond motifs is 4. The number of nitrogens with one attached hydrogen (secondary N) is 2. The average Bonchev–Trinajstić information content (AvgIpc) is 3.61. The van der Waals surface area contributed by atoms with Gasteiger partial charge >= 0.3 is 0 Å². The molecule has 10 rings (SSSR count). The lowest BCUT2D eigenvalue weighted by Crippen LogP contribution is -2.57. The van der Waals surface area contributed by atoms with E-state index in [1.807, 2.05) is 90.9 Å². The first-order valence-corrected chi connectivity index (χ1v) is 25.2. The van der Waals surface area contributed by atoms with E-state index in [2.05, 4.69) is 15.6 Å². The number of benzene rings is 4. The Labute approximate surface area is 425 Å². The molecule has 0 saturated heterocycles. The molecule has 17 nitrogen and oxygen atoms in total. The van der Waals surface area contributed by atoms with Crippen LogP contribution in [-0.2, 0) is 16.0 Å². The van der Waals surface area contributed by atoms with Crippen LogP contribution in [0.4, 0.5) is 0 Å². The molecule has 0 aromatic heterocycles. The minimum absolute atomic E-state index is 0.0583. The van der Waals surface area contributed by atoms with Gasteiger partial charge in [-0.3, -0.25) is 29.0 Å². The molecular weight excluding hydrogens is 929 g/mol. The molecule has 4 aromatic rings. The van der Waals surface area contributed by atoms with Gasteiger partial charge in [0.05, 0.1) is 54.2 Å². The number of guanidine groups is 2. The molecule has 0 fully saturated rings. The van der Waals surface area contributed by atoms with Crippen LogP contribution in [-0.4, -0.2) is 95.6 Å². The first-order valence-electron chi connectivity index (χ1n) is 25.2. The van der Waals surface area contributed by atoms with Gasteiger partial charge in [0.25, 0.3) is 11.8 Å². The third kappa shape index (κ3) is 9.26. The maximum Gasteiger partial charge on any atom is 0.251 e. The number of nitrogens with zero attached hydrogens (tertiary/aromatic N) is 4. The topological polar surface area (TPSA) is 244 Å². The molecule has 0 spiro atoms. The van der Waals surface area contributed by atoms with Gasteiger partial charge in [-0.15, -0.1) is 0 Å². The van der Waals surface area contributed by atoms with E-state index in [-0.39, 0.29) is 49.4 Å². The second-order valence-electron chi connectivity index (χ2n) is 23.1. The lowest BCUT2D eigenvalue weighted by Gasteiger charge is -2.48. The van der Waals surface area contributed by atoms with Crippen molar-refractivity contribution in [1.82, 2.24) is 20.4 Å². The van der Waals surface area contributed by atoms with Crippen molar-refractivity contribution in [3.8, 4) is 17.2 Å². The van der Waals surface area contributed by atoms with E-state index in [9.17, 15) is 29.4 Å². The summed E-state index contributed by atoms with van der Waals surface area (Å²) in [5.41, 5.74) is 13.1. The number of aliphatic hydroxyl groups is 2. The molecule has 5 aliphatic heterocycles. The van der Waals surface area contributed by atoms with Gasteiger partial charge in [0.15, 0.2) is 11.9 Å². The fourth-order valence-electron chi connectivity index (χ4n) is 11.8. The van der Waals surface area contributed by atoms with Crippen molar-refractivity contribution < 1.29 is 43.6 Å². The number of ether oxygens (including phenoxy) is 3. The number of hydrogen-bond acceptors (Lipinski definition) is 13. The number of aliphatic imine (C=N–C) groups is 2. The molecule has 8 atom stereocenters. The molecule has 4 aromatic carbocycles. The standard InChI is InChI=1S/C56H66N8O9/c1-52(2)28-43(66)63(50(57)61-52)37-26-54(5,6)71-41-19-17-32(23-35(37)41)49(70)60-46-34-15-11-12-16-40(34)73-56(8,47(46)68)22-21-55(7)27-38(64-44(67)29-53(3,4)62-51(64)58)36-24-31(18-20-42(36)72-55)48(69)59-45-33-14-10-9-13-30(33)25-39(45)65/h9-20,23-24,37-39,45-47,65,68H,21-22,25-29H2,1-8H3,(H2,57,61)(H2,58,62)(H,59,69)(H,60,70)/t37-,38-,39-,45-,46-,47+,55?,56?/m1/s1. The molecule has 4 amide bonds. The SMILES string of the molecule is CC1(C)CC(=O)N([C@@H]2CC(C)(C)Oc3ccc(C(=O)N[C@@H]4c5ccccc5OC(C)(CCC5(C)C[C@@H](N6C(=O)CC(C)(C)N=C6N)c6cc(C(=O)N[C@@H]7c8ccccc8C[C@H]7O)ccc6O5)[C@H]4O)cc32)C(N)=N1. The second kappa shape index (κ2) is 17.6. The van der Waals surface area contributed by atoms with E-state index >= 15 is 0 Å². The number of rotatable bonds is 9. The van der Waals surface area contributed by atoms with Gasteiger partial charge in [-0.2, -0.15) is 0 Å². The first-order chi connectivity index (χ1) is 34.3. The van der Waals surface area contributed by atoms with Crippen molar-refractivity contribution in [2.75, 3.05) is 0 Å². The van der Waals surface area contributed by atoms with Crippen LogP contribution in [0.25, 0.3) is 0 Å². The number of hydrogen-bond donors (Lipinski definition) is 6. The van der Waals surface area contributed by atoms with Crippen LogP contribution in [0.5, 0.6) is 17.2 Å². The Kier molecular flexibility index (Phi) is 12.0. The summed E-state index contributed by atoms with van der Waals surface area (Å²) in [5.74, 6) is 0.386. The van der Waals surface area contributed by atoms with Gasteiger partial charge in [-0.05, 0) is 122 Å². The number of nitrogens with two attached hydrogens (primary N) is 2. The maximum absolute atomic E-state index is 14.5. The first kappa shape index (κ1) is 49.6. The lowest BCUT2D eigenvalue weighted by molar-refractivity contribution is -0.133. The van der Waals surface area contributed by atoms with Gasteiger partial charge in [-0.25, -0.2) is 9.98 Å².